The van der Waals surface area contributed by atoms with Gasteiger partial charge in [-0.25, -0.2) is 9.59 Å². The molecule has 1 aliphatic heterocycles. The Morgan fingerprint density at radius 3 is 1.75 bits per heavy atom. The van der Waals surface area contributed by atoms with Crippen molar-refractivity contribution in [1.82, 2.24) is 0 Å². The Kier molecular flexibility index (Phi) is 10.4. The highest BCUT2D eigenvalue weighted by Crippen LogP contribution is 2.38. The molecule has 0 amide bonds. The Bertz CT molecular complexity index is 2240. The van der Waals surface area contributed by atoms with Gasteiger partial charge in [0.1, 0.15) is 45.8 Å². The summed E-state index contributed by atoms with van der Waals surface area (Å²) in [7, 11) is 0. The van der Waals surface area contributed by atoms with Crippen molar-refractivity contribution in [2.75, 3.05) is 0 Å². The third-order valence-electron chi connectivity index (χ3n) is 8.15. The SMILES string of the molecule is CC1OC(Oc2c(-c3ccc(O)cc3)oc3cc(O)cc(O)c3c2=O)C(OC(=O)/C=C\c2ccc(O)cc2)C(OC(=O)/C=C/c2ccc(O)cc2)C1O. The van der Waals surface area contributed by atoms with E-state index in [4.69, 9.17) is 23.4 Å². The fourth-order valence-corrected chi connectivity index (χ4v) is 5.48. The van der Waals surface area contributed by atoms with Gasteiger partial charge in [0, 0.05) is 29.8 Å². The molecule has 6 rings (SSSR count). The van der Waals surface area contributed by atoms with Crippen LogP contribution in [0, 0.1) is 0 Å². The molecule has 1 saturated heterocycles. The second-order valence-corrected chi connectivity index (χ2v) is 11.9. The van der Waals surface area contributed by atoms with Crippen LogP contribution < -0.4 is 10.2 Å². The molecule has 5 unspecified atom stereocenters. The van der Waals surface area contributed by atoms with Crippen LogP contribution in [0.5, 0.6) is 34.5 Å². The highest BCUT2D eigenvalue weighted by Gasteiger charge is 2.50. The number of carbonyl (C=O) groups excluding carboxylic acids is 2. The molecule has 0 radical (unpaired) electrons. The van der Waals surface area contributed by atoms with Gasteiger partial charge in [0.2, 0.25) is 23.6 Å². The van der Waals surface area contributed by atoms with E-state index in [1.165, 1.54) is 79.7 Å². The topological polar surface area (TPSA) is 223 Å². The van der Waals surface area contributed by atoms with E-state index in [9.17, 15) is 45.0 Å². The van der Waals surface area contributed by atoms with Gasteiger partial charge in [-0.3, -0.25) is 4.79 Å². The fraction of sp³-hybridized carbons (Fsp3) is 0.154. The van der Waals surface area contributed by atoms with E-state index < -0.39 is 65.3 Å². The largest absolute Gasteiger partial charge is 0.508 e. The summed E-state index contributed by atoms with van der Waals surface area (Å²) in [5, 5.41) is 60.6. The molecule has 4 aromatic carbocycles. The maximum atomic E-state index is 14.0. The molecule has 53 heavy (non-hydrogen) atoms. The summed E-state index contributed by atoms with van der Waals surface area (Å²) in [5.74, 6) is -3.89. The zero-order valence-electron chi connectivity index (χ0n) is 27.7. The molecule has 1 aliphatic rings. The summed E-state index contributed by atoms with van der Waals surface area (Å²) in [6, 6.07) is 19.2. The van der Waals surface area contributed by atoms with Crippen molar-refractivity contribution < 1.29 is 63.6 Å². The number of ether oxygens (including phenoxy) is 4. The van der Waals surface area contributed by atoms with E-state index in [1.54, 1.807) is 12.1 Å². The Labute approximate surface area is 300 Å². The molecule has 14 heteroatoms. The van der Waals surface area contributed by atoms with Crippen LogP contribution in [0.25, 0.3) is 34.4 Å². The second kappa shape index (κ2) is 15.2. The molecule has 272 valence electrons. The lowest BCUT2D eigenvalue weighted by molar-refractivity contribution is -0.276. The number of esters is 2. The first kappa shape index (κ1) is 36.0. The lowest BCUT2D eigenvalue weighted by atomic mass is 9.99. The predicted octanol–water partition coefficient (Wildman–Crippen LogP) is 4.72. The first-order valence-electron chi connectivity index (χ1n) is 16.0. The Morgan fingerprint density at radius 2 is 1.21 bits per heavy atom. The molecule has 6 N–H and O–H groups in total. The third-order valence-corrected chi connectivity index (χ3v) is 8.15. The van der Waals surface area contributed by atoms with Crippen molar-refractivity contribution in [3.8, 4) is 45.8 Å². The fourth-order valence-electron chi connectivity index (χ4n) is 5.48. The van der Waals surface area contributed by atoms with Gasteiger partial charge in [0.25, 0.3) is 0 Å². The second-order valence-electron chi connectivity index (χ2n) is 11.9. The lowest BCUT2D eigenvalue weighted by Crippen LogP contribution is -2.61. The van der Waals surface area contributed by atoms with Crippen molar-refractivity contribution in [2.24, 2.45) is 0 Å². The summed E-state index contributed by atoms with van der Waals surface area (Å²) >= 11 is 0. The first-order chi connectivity index (χ1) is 25.4. The molecule has 1 fully saturated rings. The predicted molar refractivity (Wildman–Crippen MR) is 188 cm³/mol. The van der Waals surface area contributed by atoms with E-state index in [0.29, 0.717) is 11.1 Å². The van der Waals surface area contributed by atoms with E-state index >= 15 is 0 Å². The smallest absolute Gasteiger partial charge is 0.331 e. The summed E-state index contributed by atoms with van der Waals surface area (Å²) < 4.78 is 29.3. The number of phenolic OH excluding ortho intramolecular Hbond substituents is 5. The van der Waals surface area contributed by atoms with Gasteiger partial charge in [-0.05, 0) is 78.7 Å². The van der Waals surface area contributed by atoms with E-state index in [-0.39, 0.29) is 39.5 Å². The lowest BCUT2D eigenvalue weighted by Gasteiger charge is -2.41. The molecule has 0 bridgehead atoms. The third kappa shape index (κ3) is 8.25. The van der Waals surface area contributed by atoms with Crippen molar-refractivity contribution in [3.63, 3.8) is 0 Å². The summed E-state index contributed by atoms with van der Waals surface area (Å²) in [6.45, 7) is 1.43. The molecular formula is C39H32O14. The zero-order valence-corrected chi connectivity index (χ0v) is 27.7. The van der Waals surface area contributed by atoms with Crippen molar-refractivity contribution in [3.05, 3.63) is 118 Å². The first-order valence-corrected chi connectivity index (χ1v) is 16.0. The van der Waals surface area contributed by atoms with E-state index in [0.717, 1.165) is 24.3 Å². The number of hydrogen-bond acceptors (Lipinski definition) is 14. The summed E-state index contributed by atoms with van der Waals surface area (Å²) in [4.78, 5) is 40.4. The van der Waals surface area contributed by atoms with Crippen molar-refractivity contribution in [1.29, 1.82) is 0 Å². The quantitative estimate of drug-likeness (QED) is 0.0894. The van der Waals surface area contributed by atoms with Crippen LogP contribution in [0.1, 0.15) is 18.1 Å². The average Bonchev–Trinajstić information content (AvgIpc) is 3.12. The molecule has 5 atom stereocenters. The van der Waals surface area contributed by atoms with Gasteiger partial charge in [-0.2, -0.15) is 0 Å². The minimum atomic E-state index is -1.76. The standard InChI is InChI=1S/C39H32O14/c1-20-33(47)36(51-30(45)16-6-21-2-10-24(40)11-3-21)38(52-31(46)17-7-22-4-12-25(41)13-5-22)39(49-20)53-37-34(48)32-28(44)18-27(43)19-29(32)50-35(37)23-8-14-26(42)15-9-23/h2-20,33,36,38-44,47H,1H3/b16-6+,17-7-. The highest BCUT2D eigenvalue weighted by atomic mass is 16.7. The molecule has 0 aliphatic carbocycles. The number of aromatic hydroxyl groups is 5. The van der Waals surface area contributed by atoms with Crippen molar-refractivity contribution in [2.45, 2.75) is 37.6 Å². The number of benzene rings is 4. The highest BCUT2D eigenvalue weighted by molar-refractivity contribution is 5.89. The average molecular weight is 725 g/mol. The molecule has 1 aromatic heterocycles. The van der Waals surface area contributed by atoms with Crippen LogP contribution >= 0.6 is 0 Å². The van der Waals surface area contributed by atoms with Crippen LogP contribution in [0.15, 0.2) is 106 Å². The van der Waals surface area contributed by atoms with Crippen LogP contribution in [-0.2, 0) is 23.8 Å². The maximum Gasteiger partial charge on any atom is 0.331 e. The monoisotopic (exact) mass is 724 g/mol. The normalized spacial score (nSPS) is 20.1. The molecular weight excluding hydrogens is 692 g/mol. The maximum absolute atomic E-state index is 14.0. The number of hydrogen-bond donors (Lipinski definition) is 6. The van der Waals surface area contributed by atoms with Gasteiger partial charge in [-0.1, -0.05) is 24.3 Å². The van der Waals surface area contributed by atoms with Crippen molar-refractivity contribution >= 4 is 35.1 Å². The molecule has 5 aromatic rings. The summed E-state index contributed by atoms with van der Waals surface area (Å²) in [6.07, 6.45) is -3.00. The van der Waals surface area contributed by atoms with Crippen LogP contribution in [0.2, 0.25) is 0 Å². The number of carbonyl (C=O) groups is 2. The van der Waals surface area contributed by atoms with Gasteiger partial charge in [-0.15, -0.1) is 0 Å². The van der Waals surface area contributed by atoms with E-state index in [1.807, 2.05) is 0 Å². The van der Waals surface area contributed by atoms with Crippen LogP contribution in [0.3, 0.4) is 0 Å². The zero-order chi connectivity index (χ0) is 37.8. The number of rotatable bonds is 9. The Hall–Kier alpha value is -6.77. The molecule has 0 saturated carbocycles. The van der Waals surface area contributed by atoms with Gasteiger partial charge in [0.15, 0.2) is 11.9 Å². The molecule has 0 spiro atoms. The Morgan fingerprint density at radius 1 is 0.698 bits per heavy atom. The molecule has 2 heterocycles. The molecule has 14 nitrogen and oxygen atoms in total. The Balaban J connectivity index is 1.40. The minimum absolute atomic E-state index is 0.00579. The van der Waals surface area contributed by atoms with Gasteiger partial charge >= 0.3 is 11.9 Å². The number of aliphatic hydroxyl groups is 1. The number of fused-ring (bicyclic) bond motifs is 1. The minimum Gasteiger partial charge on any atom is -0.508 e. The summed E-state index contributed by atoms with van der Waals surface area (Å²) in [5.41, 5.74) is 0.103. The number of aliphatic hydroxyl groups excluding tert-OH is 1. The number of phenols is 5. The van der Waals surface area contributed by atoms with Gasteiger partial charge in [0.05, 0.1) is 6.10 Å². The van der Waals surface area contributed by atoms with E-state index in [2.05, 4.69) is 0 Å². The van der Waals surface area contributed by atoms with Crippen LogP contribution in [0.4, 0.5) is 0 Å². The van der Waals surface area contributed by atoms with Gasteiger partial charge < -0.3 is 54.0 Å². The van der Waals surface area contributed by atoms with Crippen LogP contribution in [-0.4, -0.2) is 73.3 Å².